The van der Waals surface area contributed by atoms with Gasteiger partial charge in [-0.25, -0.2) is 4.79 Å². The quantitative estimate of drug-likeness (QED) is 0.911. The third kappa shape index (κ3) is 3.40. The highest BCUT2D eigenvalue weighted by Gasteiger charge is 2.31. The smallest absolute Gasteiger partial charge is 0.319 e. The van der Waals surface area contributed by atoms with Crippen LogP contribution in [0.5, 0.6) is 0 Å². The number of para-hydroxylation sites is 1. The van der Waals surface area contributed by atoms with Crippen molar-refractivity contribution in [1.29, 1.82) is 0 Å². The highest BCUT2D eigenvalue weighted by atomic mass is 16.2. The first kappa shape index (κ1) is 16.1. The first-order valence-electron chi connectivity index (χ1n) is 8.04. The standard InChI is InChI=1S/C19H21N3O2/c1-13-7-6-10-17(14(13)2)21-19(24)20-15-11-18(23)22(12-15)16-8-4-3-5-9-16/h3-10,15H,11-12H2,1-2H3,(H2,20,21,24). The fourth-order valence-electron chi connectivity index (χ4n) is 2.89. The van der Waals surface area contributed by atoms with Gasteiger partial charge in [-0.2, -0.15) is 0 Å². The molecule has 3 amide bonds. The molecule has 5 nitrogen and oxygen atoms in total. The highest BCUT2D eigenvalue weighted by molar-refractivity contribution is 5.97. The minimum atomic E-state index is -0.281. The van der Waals surface area contributed by atoms with Gasteiger partial charge in [-0.05, 0) is 43.2 Å². The Kier molecular flexibility index (Phi) is 4.51. The van der Waals surface area contributed by atoms with Gasteiger partial charge in [0.05, 0.1) is 6.04 Å². The third-order valence-electron chi connectivity index (χ3n) is 4.38. The zero-order valence-electron chi connectivity index (χ0n) is 13.9. The summed E-state index contributed by atoms with van der Waals surface area (Å²) in [5.41, 5.74) is 3.82. The summed E-state index contributed by atoms with van der Waals surface area (Å²) in [5, 5.41) is 5.76. The number of carbonyl (C=O) groups excluding carboxylic acids is 2. The summed E-state index contributed by atoms with van der Waals surface area (Å²) in [5.74, 6) is 0.0261. The van der Waals surface area contributed by atoms with Crippen LogP contribution < -0.4 is 15.5 Å². The largest absolute Gasteiger partial charge is 0.333 e. The van der Waals surface area contributed by atoms with E-state index < -0.39 is 0 Å². The lowest BCUT2D eigenvalue weighted by Gasteiger charge is -2.17. The molecule has 0 saturated carbocycles. The van der Waals surface area contributed by atoms with E-state index in [-0.39, 0.29) is 18.0 Å². The van der Waals surface area contributed by atoms with E-state index in [0.717, 1.165) is 22.5 Å². The molecule has 24 heavy (non-hydrogen) atoms. The predicted octanol–water partition coefficient (Wildman–Crippen LogP) is 3.23. The molecule has 1 atom stereocenters. The zero-order valence-corrected chi connectivity index (χ0v) is 13.9. The summed E-state index contributed by atoms with van der Waals surface area (Å²) < 4.78 is 0. The van der Waals surface area contributed by atoms with Crippen molar-refractivity contribution in [1.82, 2.24) is 5.32 Å². The van der Waals surface area contributed by atoms with Crippen molar-refractivity contribution in [2.24, 2.45) is 0 Å². The molecule has 0 aliphatic carbocycles. The summed E-state index contributed by atoms with van der Waals surface area (Å²) in [6.07, 6.45) is 0.315. The van der Waals surface area contributed by atoms with Gasteiger partial charge in [-0.15, -0.1) is 0 Å². The summed E-state index contributed by atoms with van der Waals surface area (Å²) in [6, 6.07) is 14.8. The molecule has 0 aromatic heterocycles. The van der Waals surface area contributed by atoms with E-state index in [1.807, 2.05) is 62.4 Å². The van der Waals surface area contributed by atoms with E-state index in [9.17, 15) is 9.59 Å². The number of nitrogens with zero attached hydrogens (tertiary/aromatic N) is 1. The molecular formula is C19H21N3O2. The van der Waals surface area contributed by atoms with Gasteiger partial charge >= 0.3 is 6.03 Å². The molecule has 1 saturated heterocycles. The van der Waals surface area contributed by atoms with Crippen molar-refractivity contribution in [3.05, 3.63) is 59.7 Å². The fourth-order valence-corrected chi connectivity index (χ4v) is 2.89. The second-order valence-corrected chi connectivity index (χ2v) is 6.09. The van der Waals surface area contributed by atoms with Crippen LogP contribution >= 0.6 is 0 Å². The second kappa shape index (κ2) is 6.74. The number of rotatable bonds is 3. The predicted molar refractivity (Wildman–Crippen MR) is 95.3 cm³/mol. The maximum absolute atomic E-state index is 12.2. The van der Waals surface area contributed by atoms with Crippen LogP contribution in [-0.2, 0) is 4.79 Å². The molecule has 1 fully saturated rings. The first-order chi connectivity index (χ1) is 11.5. The zero-order chi connectivity index (χ0) is 17.1. The molecule has 1 heterocycles. The topological polar surface area (TPSA) is 61.4 Å². The summed E-state index contributed by atoms with van der Waals surface area (Å²) in [6.45, 7) is 4.47. The Bertz CT molecular complexity index is 758. The fraction of sp³-hybridized carbons (Fsp3) is 0.263. The van der Waals surface area contributed by atoms with Crippen LogP contribution in [0.25, 0.3) is 0 Å². The molecule has 124 valence electrons. The van der Waals surface area contributed by atoms with Crippen molar-refractivity contribution in [2.75, 3.05) is 16.8 Å². The van der Waals surface area contributed by atoms with Crippen LogP contribution in [0.2, 0.25) is 0 Å². The molecule has 3 rings (SSSR count). The minimum absolute atomic E-state index is 0.0261. The molecule has 2 aromatic carbocycles. The van der Waals surface area contributed by atoms with Crippen LogP contribution in [0, 0.1) is 13.8 Å². The van der Waals surface area contributed by atoms with Crippen LogP contribution in [0.3, 0.4) is 0 Å². The Balaban J connectivity index is 1.62. The van der Waals surface area contributed by atoms with Gasteiger partial charge < -0.3 is 15.5 Å². The molecule has 0 bridgehead atoms. The van der Waals surface area contributed by atoms with Crippen LogP contribution in [0.4, 0.5) is 16.2 Å². The number of aryl methyl sites for hydroxylation is 1. The minimum Gasteiger partial charge on any atom is -0.333 e. The van der Waals surface area contributed by atoms with E-state index in [1.165, 1.54) is 0 Å². The number of hydrogen-bond acceptors (Lipinski definition) is 2. The van der Waals surface area contributed by atoms with Gasteiger partial charge in [0.15, 0.2) is 0 Å². The number of carbonyl (C=O) groups is 2. The van der Waals surface area contributed by atoms with E-state index in [1.54, 1.807) is 4.90 Å². The molecule has 2 aromatic rings. The van der Waals surface area contributed by atoms with Crippen LogP contribution in [-0.4, -0.2) is 24.5 Å². The molecule has 0 radical (unpaired) electrons. The van der Waals surface area contributed by atoms with E-state index in [0.29, 0.717) is 13.0 Å². The monoisotopic (exact) mass is 323 g/mol. The van der Waals surface area contributed by atoms with E-state index in [2.05, 4.69) is 10.6 Å². The van der Waals surface area contributed by atoms with Crippen molar-refractivity contribution in [2.45, 2.75) is 26.3 Å². The summed E-state index contributed by atoms with van der Waals surface area (Å²) in [4.78, 5) is 26.1. The van der Waals surface area contributed by atoms with Gasteiger partial charge in [0.25, 0.3) is 0 Å². The van der Waals surface area contributed by atoms with Crippen molar-refractivity contribution >= 4 is 23.3 Å². The van der Waals surface area contributed by atoms with Crippen molar-refractivity contribution in [3.8, 4) is 0 Å². The average Bonchev–Trinajstić information content (AvgIpc) is 2.93. The number of nitrogens with one attached hydrogen (secondary N) is 2. The molecular weight excluding hydrogens is 302 g/mol. The van der Waals surface area contributed by atoms with Gasteiger partial charge in [0, 0.05) is 24.3 Å². The summed E-state index contributed by atoms with van der Waals surface area (Å²) >= 11 is 0. The second-order valence-electron chi connectivity index (χ2n) is 6.09. The van der Waals surface area contributed by atoms with Crippen molar-refractivity contribution in [3.63, 3.8) is 0 Å². The van der Waals surface area contributed by atoms with Gasteiger partial charge in [-0.1, -0.05) is 30.3 Å². The van der Waals surface area contributed by atoms with Gasteiger partial charge in [0.1, 0.15) is 0 Å². The van der Waals surface area contributed by atoms with Crippen LogP contribution in [0.15, 0.2) is 48.5 Å². The van der Waals surface area contributed by atoms with E-state index >= 15 is 0 Å². The molecule has 5 heteroatoms. The Labute approximate surface area is 141 Å². The lowest BCUT2D eigenvalue weighted by molar-refractivity contribution is -0.117. The Hall–Kier alpha value is -2.82. The number of amides is 3. The number of benzene rings is 2. The molecule has 2 N–H and O–H groups in total. The average molecular weight is 323 g/mol. The summed E-state index contributed by atoms with van der Waals surface area (Å²) in [7, 11) is 0. The number of urea groups is 1. The Morgan fingerprint density at radius 3 is 2.58 bits per heavy atom. The number of anilines is 2. The molecule has 1 aliphatic rings. The molecule has 1 unspecified atom stereocenters. The van der Waals surface area contributed by atoms with E-state index in [4.69, 9.17) is 0 Å². The van der Waals surface area contributed by atoms with Crippen LogP contribution in [0.1, 0.15) is 17.5 Å². The lowest BCUT2D eigenvalue weighted by Crippen LogP contribution is -2.39. The SMILES string of the molecule is Cc1cccc(NC(=O)NC2CC(=O)N(c3ccccc3)C2)c1C. The highest BCUT2D eigenvalue weighted by Crippen LogP contribution is 2.21. The lowest BCUT2D eigenvalue weighted by atomic mass is 10.1. The number of hydrogen-bond donors (Lipinski definition) is 2. The van der Waals surface area contributed by atoms with Crippen molar-refractivity contribution < 1.29 is 9.59 Å². The Morgan fingerprint density at radius 1 is 1.08 bits per heavy atom. The first-order valence-corrected chi connectivity index (χ1v) is 8.04. The third-order valence-corrected chi connectivity index (χ3v) is 4.38. The van der Waals surface area contributed by atoms with Gasteiger partial charge in [-0.3, -0.25) is 4.79 Å². The van der Waals surface area contributed by atoms with Gasteiger partial charge in [0.2, 0.25) is 5.91 Å². The molecule has 0 spiro atoms. The Morgan fingerprint density at radius 2 is 1.83 bits per heavy atom. The molecule has 1 aliphatic heterocycles. The maximum Gasteiger partial charge on any atom is 0.319 e. The normalized spacial score (nSPS) is 17.0. The maximum atomic E-state index is 12.2.